The molecule has 0 radical (unpaired) electrons. The Labute approximate surface area is 130 Å². The average molecular weight is 349 g/mol. The number of nitrogens with one attached hydrogen (secondary N) is 1. The van der Waals surface area contributed by atoms with Crippen LogP contribution in [0.25, 0.3) is 5.65 Å². The molecule has 0 unspecified atom stereocenters. The first kappa shape index (κ1) is 14.2. The standard InChI is InChI=1S/C15H14BrFN4/c16-12-5-4-11(9-13(12)17)10-18-7-6-15-20-19-14-3-1-2-8-21(14)15/h1-5,8-9,18H,6-7,10H2. The molecule has 1 N–H and O–H groups in total. The van der Waals surface area contributed by atoms with Crippen LogP contribution >= 0.6 is 15.9 Å². The second-order valence-corrected chi connectivity index (χ2v) is 5.57. The largest absolute Gasteiger partial charge is 0.312 e. The van der Waals surface area contributed by atoms with Crippen molar-refractivity contribution in [3.63, 3.8) is 0 Å². The van der Waals surface area contributed by atoms with E-state index in [-0.39, 0.29) is 5.82 Å². The Hall–Kier alpha value is -1.79. The van der Waals surface area contributed by atoms with Crippen LogP contribution in [0.4, 0.5) is 4.39 Å². The van der Waals surface area contributed by atoms with Gasteiger partial charge in [0.25, 0.3) is 0 Å². The van der Waals surface area contributed by atoms with Gasteiger partial charge in [0.2, 0.25) is 0 Å². The Morgan fingerprint density at radius 1 is 1.19 bits per heavy atom. The zero-order valence-corrected chi connectivity index (χ0v) is 12.8. The van der Waals surface area contributed by atoms with Crippen LogP contribution in [0.2, 0.25) is 0 Å². The van der Waals surface area contributed by atoms with E-state index in [0.29, 0.717) is 11.0 Å². The maximum Gasteiger partial charge on any atom is 0.160 e. The van der Waals surface area contributed by atoms with Gasteiger partial charge in [-0.15, -0.1) is 10.2 Å². The van der Waals surface area contributed by atoms with Gasteiger partial charge in [-0.1, -0.05) is 12.1 Å². The molecule has 0 saturated heterocycles. The molecule has 0 bridgehead atoms. The summed E-state index contributed by atoms with van der Waals surface area (Å²) >= 11 is 3.15. The quantitative estimate of drug-likeness (QED) is 0.720. The van der Waals surface area contributed by atoms with Gasteiger partial charge in [-0.25, -0.2) is 4.39 Å². The van der Waals surface area contributed by atoms with Crippen molar-refractivity contribution in [3.05, 3.63) is 64.3 Å². The number of hydrogen-bond donors (Lipinski definition) is 1. The van der Waals surface area contributed by atoms with Gasteiger partial charge >= 0.3 is 0 Å². The van der Waals surface area contributed by atoms with E-state index in [1.54, 1.807) is 6.07 Å². The summed E-state index contributed by atoms with van der Waals surface area (Å²) in [6.45, 7) is 1.38. The molecule has 0 amide bonds. The van der Waals surface area contributed by atoms with Crippen LogP contribution in [0.3, 0.4) is 0 Å². The molecular weight excluding hydrogens is 335 g/mol. The molecule has 0 spiro atoms. The maximum absolute atomic E-state index is 13.4. The Balaban J connectivity index is 1.55. The van der Waals surface area contributed by atoms with Crippen molar-refractivity contribution in [2.75, 3.05) is 6.54 Å². The number of pyridine rings is 1. The van der Waals surface area contributed by atoms with Crippen LogP contribution in [-0.2, 0) is 13.0 Å². The van der Waals surface area contributed by atoms with Gasteiger partial charge in [0.1, 0.15) is 11.6 Å². The predicted octanol–water partition coefficient (Wildman–Crippen LogP) is 2.96. The lowest BCUT2D eigenvalue weighted by Gasteiger charge is -2.05. The molecule has 2 heterocycles. The summed E-state index contributed by atoms with van der Waals surface area (Å²) in [7, 11) is 0. The van der Waals surface area contributed by atoms with Crippen molar-refractivity contribution in [1.82, 2.24) is 19.9 Å². The molecule has 6 heteroatoms. The number of halogens is 2. The van der Waals surface area contributed by atoms with E-state index in [9.17, 15) is 4.39 Å². The van der Waals surface area contributed by atoms with Crippen LogP contribution in [0, 0.1) is 5.82 Å². The average Bonchev–Trinajstić information content (AvgIpc) is 2.91. The third-order valence-electron chi connectivity index (χ3n) is 3.22. The number of aromatic nitrogens is 3. The van der Waals surface area contributed by atoms with Gasteiger partial charge in [-0.2, -0.15) is 0 Å². The van der Waals surface area contributed by atoms with E-state index < -0.39 is 0 Å². The molecule has 3 rings (SSSR count). The Kier molecular flexibility index (Phi) is 4.26. The first-order valence-electron chi connectivity index (χ1n) is 6.67. The number of hydrogen-bond acceptors (Lipinski definition) is 3. The van der Waals surface area contributed by atoms with Crippen LogP contribution in [0.5, 0.6) is 0 Å². The number of rotatable bonds is 5. The first-order chi connectivity index (χ1) is 10.2. The lowest BCUT2D eigenvalue weighted by molar-refractivity contribution is 0.612. The molecule has 108 valence electrons. The van der Waals surface area contributed by atoms with E-state index >= 15 is 0 Å². The lowest BCUT2D eigenvalue weighted by Crippen LogP contribution is -2.17. The molecule has 0 saturated carbocycles. The summed E-state index contributed by atoms with van der Waals surface area (Å²) in [5, 5.41) is 11.6. The highest BCUT2D eigenvalue weighted by Crippen LogP contribution is 2.16. The molecule has 2 aromatic heterocycles. The van der Waals surface area contributed by atoms with Crippen molar-refractivity contribution >= 4 is 21.6 Å². The summed E-state index contributed by atoms with van der Waals surface area (Å²) < 4.78 is 15.9. The fourth-order valence-corrected chi connectivity index (χ4v) is 2.39. The van der Waals surface area contributed by atoms with Gasteiger partial charge in [0, 0.05) is 25.7 Å². The third-order valence-corrected chi connectivity index (χ3v) is 3.87. The second-order valence-electron chi connectivity index (χ2n) is 4.72. The smallest absolute Gasteiger partial charge is 0.160 e. The van der Waals surface area contributed by atoms with E-state index in [2.05, 4.69) is 31.4 Å². The topological polar surface area (TPSA) is 42.2 Å². The number of benzene rings is 1. The molecule has 0 fully saturated rings. The summed E-state index contributed by atoms with van der Waals surface area (Å²) in [5.74, 6) is 0.679. The molecule has 0 aliphatic rings. The SMILES string of the molecule is Fc1cc(CNCCc2nnc3ccccn23)ccc1Br. The molecule has 21 heavy (non-hydrogen) atoms. The summed E-state index contributed by atoms with van der Waals surface area (Å²) in [6.07, 6.45) is 2.72. The molecule has 1 aromatic carbocycles. The van der Waals surface area contributed by atoms with Crippen molar-refractivity contribution in [2.24, 2.45) is 0 Å². The van der Waals surface area contributed by atoms with Gasteiger partial charge in [-0.3, -0.25) is 4.40 Å². The Morgan fingerprint density at radius 3 is 2.95 bits per heavy atom. The van der Waals surface area contributed by atoms with Crippen LogP contribution < -0.4 is 5.32 Å². The number of fused-ring (bicyclic) bond motifs is 1. The number of nitrogens with zero attached hydrogens (tertiary/aromatic N) is 3. The molecule has 0 aliphatic carbocycles. The highest BCUT2D eigenvalue weighted by molar-refractivity contribution is 9.10. The molecule has 4 nitrogen and oxygen atoms in total. The first-order valence-corrected chi connectivity index (χ1v) is 7.46. The fourth-order valence-electron chi connectivity index (χ4n) is 2.14. The van der Waals surface area contributed by atoms with Crippen LogP contribution in [0.15, 0.2) is 47.1 Å². The summed E-state index contributed by atoms with van der Waals surface area (Å²) in [4.78, 5) is 0. The highest BCUT2D eigenvalue weighted by atomic mass is 79.9. The minimum atomic E-state index is -0.238. The highest BCUT2D eigenvalue weighted by Gasteiger charge is 2.04. The summed E-state index contributed by atoms with van der Waals surface area (Å²) in [5.41, 5.74) is 1.77. The summed E-state index contributed by atoms with van der Waals surface area (Å²) in [6, 6.07) is 11.0. The van der Waals surface area contributed by atoms with E-state index in [4.69, 9.17) is 0 Å². The Morgan fingerprint density at radius 2 is 2.10 bits per heavy atom. The zero-order valence-electron chi connectivity index (χ0n) is 11.3. The van der Waals surface area contributed by atoms with Gasteiger partial charge in [-0.05, 0) is 45.8 Å². The van der Waals surface area contributed by atoms with Crippen molar-refractivity contribution < 1.29 is 4.39 Å². The predicted molar refractivity (Wildman–Crippen MR) is 82.5 cm³/mol. The lowest BCUT2D eigenvalue weighted by atomic mass is 10.2. The van der Waals surface area contributed by atoms with Crippen LogP contribution in [0.1, 0.15) is 11.4 Å². The Bertz CT molecular complexity index is 756. The van der Waals surface area contributed by atoms with Crippen LogP contribution in [-0.4, -0.2) is 21.1 Å². The van der Waals surface area contributed by atoms with Gasteiger partial charge in [0.05, 0.1) is 4.47 Å². The normalized spacial score (nSPS) is 11.1. The minimum Gasteiger partial charge on any atom is -0.312 e. The third kappa shape index (κ3) is 3.28. The van der Waals surface area contributed by atoms with Crippen molar-refractivity contribution in [1.29, 1.82) is 0 Å². The second kappa shape index (κ2) is 6.32. The minimum absolute atomic E-state index is 0.238. The van der Waals surface area contributed by atoms with Crippen molar-refractivity contribution in [3.8, 4) is 0 Å². The zero-order chi connectivity index (χ0) is 14.7. The van der Waals surface area contributed by atoms with E-state index in [0.717, 1.165) is 30.0 Å². The maximum atomic E-state index is 13.4. The van der Waals surface area contributed by atoms with Crippen molar-refractivity contribution in [2.45, 2.75) is 13.0 Å². The monoisotopic (exact) mass is 348 g/mol. The van der Waals surface area contributed by atoms with Gasteiger partial charge < -0.3 is 5.32 Å². The molecule has 0 atom stereocenters. The van der Waals surface area contributed by atoms with E-state index in [1.807, 2.05) is 34.9 Å². The molecule has 0 aliphatic heterocycles. The fraction of sp³-hybridized carbons (Fsp3) is 0.200. The molecule has 3 aromatic rings. The molecular formula is C15H14BrFN4. The van der Waals surface area contributed by atoms with E-state index in [1.165, 1.54) is 6.07 Å². The van der Waals surface area contributed by atoms with Gasteiger partial charge in [0.15, 0.2) is 5.65 Å².